The number of rotatable bonds is 6. The number of nitrogen functional groups attached to an aromatic ring is 1. The number of aryl methyl sites for hydroxylation is 1. The highest BCUT2D eigenvalue weighted by Gasteiger charge is 2.18. The van der Waals surface area contributed by atoms with Gasteiger partial charge >= 0.3 is 0 Å². The second-order valence-electron chi connectivity index (χ2n) is 4.40. The Morgan fingerprint density at radius 3 is 2.41 bits per heavy atom. The Bertz CT molecular complexity index is 328. The van der Waals surface area contributed by atoms with Gasteiger partial charge in [-0.2, -0.15) is 0 Å². The van der Waals surface area contributed by atoms with Gasteiger partial charge in [0.15, 0.2) is 0 Å². The van der Waals surface area contributed by atoms with E-state index in [9.17, 15) is 5.11 Å². The lowest BCUT2D eigenvalue weighted by Crippen LogP contribution is -2.37. The Morgan fingerprint density at radius 2 is 1.94 bits per heavy atom. The van der Waals surface area contributed by atoms with Gasteiger partial charge < -0.3 is 15.7 Å². The average Bonchev–Trinajstić information content (AvgIpc) is 2.30. The van der Waals surface area contributed by atoms with Gasteiger partial charge in [-0.05, 0) is 31.4 Å². The maximum Gasteiger partial charge on any atom is 0.0632 e. The smallest absolute Gasteiger partial charge is 0.0632 e. The summed E-state index contributed by atoms with van der Waals surface area (Å²) in [6.45, 7) is 7.21. The minimum absolute atomic E-state index is 0.157. The molecule has 96 valence electrons. The Labute approximate surface area is 104 Å². The summed E-state index contributed by atoms with van der Waals surface area (Å²) in [7, 11) is 0. The van der Waals surface area contributed by atoms with Crippen molar-refractivity contribution in [2.45, 2.75) is 39.7 Å². The molecule has 1 rings (SSSR count). The Kier molecular flexibility index (Phi) is 5.29. The fourth-order valence-electron chi connectivity index (χ4n) is 2.39. The van der Waals surface area contributed by atoms with E-state index < -0.39 is 0 Å². The van der Waals surface area contributed by atoms with Crippen molar-refractivity contribution in [1.82, 2.24) is 0 Å². The molecule has 0 aliphatic rings. The standard InChI is InChI=1S/C14H24N2O/c1-4-12(5-2)16(9-10-17)14-11(3)7-6-8-13(14)15/h6-8,12,17H,4-5,9-10,15H2,1-3H3. The molecule has 0 aliphatic heterocycles. The van der Waals surface area contributed by atoms with Crippen molar-refractivity contribution in [2.75, 3.05) is 23.8 Å². The molecule has 0 atom stereocenters. The number of anilines is 2. The van der Waals surface area contributed by atoms with Crippen molar-refractivity contribution < 1.29 is 5.11 Å². The van der Waals surface area contributed by atoms with Crippen LogP contribution in [-0.2, 0) is 0 Å². The van der Waals surface area contributed by atoms with E-state index in [1.165, 1.54) is 5.56 Å². The van der Waals surface area contributed by atoms with Crippen molar-refractivity contribution >= 4 is 11.4 Å². The van der Waals surface area contributed by atoms with E-state index in [1.807, 2.05) is 12.1 Å². The van der Waals surface area contributed by atoms with E-state index in [1.54, 1.807) is 0 Å². The minimum Gasteiger partial charge on any atom is -0.397 e. The van der Waals surface area contributed by atoms with Gasteiger partial charge in [0.2, 0.25) is 0 Å². The third-order valence-electron chi connectivity index (χ3n) is 3.28. The van der Waals surface area contributed by atoms with Crippen molar-refractivity contribution in [2.24, 2.45) is 0 Å². The first-order valence-electron chi connectivity index (χ1n) is 6.38. The van der Waals surface area contributed by atoms with Crippen molar-refractivity contribution in [3.05, 3.63) is 23.8 Å². The molecule has 0 radical (unpaired) electrons. The summed E-state index contributed by atoms with van der Waals surface area (Å²) in [5.41, 5.74) is 9.12. The summed E-state index contributed by atoms with van der Waals surface area (Å²) in [6, 6.07) is 6.40. The van der Waals surface area contributed by atoms with Gasteiger partial charge in [0.05, 0.1) is 18.0 Å². The zero-order chi connectivity index (χ0) is 12.8. The van der Waals surface area contributed by atoms with Crippen LogP contribution >= 0.6 is 0 Å². The minimum atomic E-state index is 0.157. The first kappa shape index (κ1) is 13.8. The molecule has 1 aromatic rings. The van der Waals surface area contributed by atoms with Crippen LogP contribution in [-0.4, -0.2) is 24.3 Å². The molecule has 1 aromatic carbocycles. The molecule has 3 N–H and O–H groups in total. The van der Waals surface area contributed by atoms with E-state index in [-0.39, 0.29) is 6.61 Å². The molecule has 0 bridgehead atoms. The molecule has 3 heteroatoms. The maximum atomic E-state index is 9.24. The number of para-hydroxylation sites is 1. The normalized spacial score (nSPS) is 10.9. The van der Waals surface area contributed by atoms with Gasteiger partial charge in [-0.25, -0.2) is 0 Å². The highest BCUT2D eigenvalue weighted by Crippen LogP contribution is 2.30. The van der Waals surface area contributed by atoms with Gasteiger partial charge in [-0.15, -0.1) is 0 Å². The predicted molar refractivity (Wildman–Crippen MR) is 74.4 cm³/mol. The van der Waals surface area contributed by atoms with E-state index in [4.69, 9.17) is 5.73 Å². The van der Waals surface area contributed by atoms with Gasteiger partial charge in [-0.3, -0.25) is 0 Å². The average molecular weight is 236 g/mol. The third-order valence-corrected chi connectivity index (χ3v) is 3.28. The number of aliphatic hydroxyl groups excluding tert-OH is 1. The molecule has 0 heterocycles. The molecule has 0 aromatic heterocycles. The monoisotopic (exact) mass is 236 g/mol. The Hall–Kier alpha value is -1.22. The number of hydrogen-bond donors (Lipinski definition) is 2. The number of aliphatic hydroxyl groups is 1. The zero-order valence-corrected chi connectivity index (χ0v) is 11.1. The van der Waals surface area contributed by atoms with Crippen LogP contribution in [0.5, 0.6) is 0 Å². The van der Waals surface area contributed by atoms with Gasteiger partial charge in [0.1, 0.15) is 0 Å². The van der Waals surface area contributed by atoms with Crippen LogP contribution in [0.4, 0.5) is 11.4 Å². The van der Waals surface area contributed by atoms with E-state index in [0.717, 1.165) is 24.2 Å². The third kappa shape index (κ3) is 3.13. The molecular formula is C14H24N2O. The molecular weight excluding hydrogens is 212 g/mol. The SMILES string of the molecule is CCC(CC)N(CCO)c1c(C)cccc1N. The Morgan fingerprint density at radius 1 is 1.29 bits per heavy atom. The molecule has 3 nitrogen and oxygen atoms in total. The quantitative estimate of drug-likeness (QED) is 0.746. The number of benzene rings is 1. The molecule has 0 unspecified atom stereocenters. The van der Waals surface area contributed by atoms with Crippen LogP contribution in [0.15, 0.2) is 18.2 Å². The fourth-order valence-corrected chi connectivity index (χ4v) is 2.39. The molecule has 0 saturated heterocycles. The molecule has 0 spiro atoms. The zero-order valence-electron chi connectivity index (χ0n) is 11.1. The summed E-state index contributed by atoms with van der Waals surface area (Å²) in [6.07, 6.45) is 2.12. The first-order chi connectivity index (χ1) is 8.15. The number of nitrogens with two attached hydrogens (primary N) is 1. The van der Waals surface area contributed by atoms with Crippen molar-refractivity contribution in [1.29, 1.82) is 0 Å². The highest BCUT2D eigenvalue weighted by molar-refractivity contribution is 5.71. The lowest BCUT2D eigenvalue weighted by molar-refractivity contribution is 0.296. The van der Waals surface area contributed by atoms with Crippen LogP contribution in [0.3, 0.4) is 0 Å². The van der Waals surface area contributed by atoms with Crippen molar-refractivity contribution in [3.8, 4) is 0 Å². The summed E-state index contributed by atoms with van der Waals surface area (Å²) < 4.78 is 0. The van der Waals surface area contributed by atoms with Gasteiger partial charge in [0, 0.05) is 12.6 Å². The van der Waals surface area contributed by atoms with Crippen LogP contribution in [0.1, 0.15) is 32.3 Å². The fraction of sp³-hybridized carbons (Fsp3) is 0.571. The van der Waals surface area contributed by atoms with Crippen LogP contribution in [0.25, 0.3) is 0 Å². The molecule has 0 saturated carbocycles. The van der Waals surface area contributed by atoms with E-state index >= 15 is 0 Å². The van der Waals surface area contributed by atoms with Crippen LogP contribution in [0, 0.1) is 6.92 Å². The predicted octanol–water partition coefficient (Wildman–Crippen LogP) is 2.56. The first-order valence-corrected chi connectivity index (χ1v) is 6.38. The second-order valence-corrected chi connectivity index (χ2v) is 4.40. The number of hydrogen-bond acceptors (Lipinski definition) is 3. The second kappa shape index (κ2) is 6.50. The van der Waals surface area contributed by atoms with Crippen LogP contribution < -0.4 is 10.6 Å². The van der Waals surface area contributed by atoms with E-state index in [0.29, 0.717) is 12.6 Å². The van der Waals surface area contributed by atoms with Crippen LogP contribution in [0.2, 0.25) is 0 Å². The summed E-state index contributed by atoms with van der Waals surface area (Å²) in [5.74, 6) is 0. The topological polar surface area (TPSA) is 49.5 Å². The summed E-state index contributed by atoms with van der Waals surface area (Å²) >= 11 is 0. The van der Waals surface area contributed by atoms with Gasteiger partial charge in [-0.1, -0.05) is 26.0 Å². The van der Waals surface area contributed by atoms with Gasteiger partial charge in [0.25, 0.3) is 0 Å². The Balaban J connectivity index is 3.12. The molecule has 0 fully saturated rings. The summed E-state index contributed by atoms with van der Waals surface area (Å²) in [5, 5.41) is 9.24. The largest absolute Gasteiger partial charge is 0.397 e. The van der Waals surface area contributed by atoms with E-state index in [2.05, 4.69) is 31.7 Å². The molecule has 0 amide bonds. The highest BCUT2D eigenvalue weighted by atomic mass is 16.3. The molecule has 17 heavy (non-hydrogen) atoms. The van der Waals surface area contributed by atoms with Crippen molar-refractivity contribution in [3.63, 3.8) is 0 Å². The lowest BCUT2D eigenvalue weighted by Gasteiger charge is -2.34. The lowest BCUT2D eigenvalue weighted by atomic mass is 10.1. The summed E-state index contributed by atoms with van der Waals surface area (Å²) in [4.78, 5) is 2.24. The maximum absolute atomic E-state index is 9.24. The number of nitrogens with zero attached hydrogens (tertiary/aromatic N) is 1. The molecule has 0 aliphatic carbocycles.